The molecule has 0 unspecified atom stereocenters. The highest BCUT2D eigenvalue weighted by atomic mass is 32.1. The van der Waals surface area contributed by atoms with Gasteiger partial charge < -0.3 is 15.7 Å². The highest BCUT2D eigenvalue weighted by Gasteiger charge is 2.13. The maximum absolute atomic E-state index is 10.3. The summed E-state index contributed by atoms with van der Waals surface area (Å²) >= 11 is 5.14. The van der Waals surface area contributed by atoms with Crippen LogP contribution in [0.4, 0.5) is 0 Å². The van der Waals surface area contributed by atoms with E-state index in [1.807, 2.05) is 0 Å². The third-order valence-electron chi connectivity index (χ3n) is 2.79. The van der Waals surface area contributed by atoms with Gasteiger partial charge in [0.1, 0.15) is 0 Å². The largest absolute Gasteiger partial charge is 0.481 e. The molecule has 0 aliphatic heterocycles. The molecule has 1 rings (SSSR count). The van der Waals surface area contributed by atoms with E-state index in [2.05, 4.69) is 10.6 Å². The summed E-state index contributed by atoms with van der Waals surface area (Å²) < 4.78 is 0. The van der Waals surface area contributed by atoms with Crippen molar-refractivity contribution >= 4 is 23.3 Å². The number of carboxylic acids is 1. The van der Waals surface area contributed by atoms with E-state index in [1.54, 1.807) is 0 Å². The number of hydrogen-bond donors (Lipinski definition) is 3. The number of hydrogen-bond acceptors (Lipinski definition) is 2. The number of carbonyl (C=O) groups is 1. The zero-order chi connectivity index (χ0) is 11.8. The fraction of sp³-hybridized carbons (Fsp3) is 0.818. The van der Waals surface area contributed by atoms with E-state index >= 15 is 0 Å². The van der Waals surface area contributed by atoms with Crippen LogP contribution in [0.3, 0.4) is 0 Å². The van der Waals surface area contributed by atoms with Gasteiger partial charge in [0.05, 0.1) is 0 Å². The highest BCUT2D eigenvalue weighted by Crippen LogP contribution is 2.17. The van der Waals surface area contributed by atoms with E-state index in [0.29, 0.717) is 24.1 Å². The molecule has 0 amide bonds. The molecule has 0 saturated heterocycles. The first-order valence-corrected chi connectivity index (χ1v) is 6.35. The van der Waals surface area contributed by atoms with Crippen molar-refractivity contribution in [3.63, 3.8) is 0 Å². The zero-order valence-corrected chi connectivity index (χ0v) is 10.3. The average Bonchev–Trinajstić information content (AvgIpc) is 2.25. The fourth-order valence-electron chi connectivity index (χ4n) is 1.92. The summed E-state index contributed by atoms with van der Waals surface area (Å²) in [4.78, 5) is 10.3. The van der Waals surface area contributed by atoms with E-state index in [-0.39, 0.29) is 6.42 Å². The number of rotatable bonds is 5. The van der Waals surface area contributed by atoms with Gasteiger partial charge in [-0.15, -0.1) is 0 Å². The molecule has 1 aliphatic rings. The second kappa shape index (κ2) is 7.44. The predicted molar refractivity (Wildman–Crippen MR) is 67.5 cm³/mol. The minimum atomic E-state index is -0.757. The van der Waals surface area contributed by atoms with Crippen molar-refractivity contribution in [2.75, 3.05) is 6.54 Å². The molecule has 0 aromatic carbocycles. The van der Waals surface area contributed by atoms with Crippen molar-refractivity contribution in [3.8, 4) is 0 Å². The summed E-state index contributed by atoms with van der Waals surface area (Å²) in [5.41, 5.74) is 0. The minimum Gasteiger partial charge on any atom is -0.481 e. The summed E-state index contributed by atoms with van der Waals surface area (Å²) in [6.07, 6.45) is 7.07. The van der Waals surface area contributed by atoms with Crippen LogP contribution in [0.15, 0.2) is 0 Å². The molecule has 0 heterocycles. The van der Waals surface area contributed by atoms with Crippen LogP contribution in [0, 0.1) is 0 Å². The van der Waals surface area contributed by atoms with Crippen molar-refractivity contribution < 1.29 is 9.90 Å². The molecule has 1 fully saturated rings. The Morgan fingerprint density at radius 1 is 1.31 bits per heavy atom. The van der Waals surface area contributed by atoms with Crippen molar-refractivity contribution in [3.05, 3.63) is 0 Å². The van der Waals surface area contributed by atoms with E-state index in [9.17, 15) is 4.79 Å². The second-order valence-corrected chi connectivity index (χ2v) is 4.64. The van der Waals surface area contributed by atoms with Gasteiger partial charge in [0, 0.05) is 19.0 Å². The molecular formula is C11H20N2O2S. The Labute approximate surface area is 102 Å². The van der Waals surface area contributed by atoms with Crippen molar-refractivity contribution in [1.29, 1.82) is 0 Å². The molecule has 1 saturated carbocycles. The van der Waals surface area contributed by atoms with Gasteiger partial charge in [0.2, 0.25) is 0 Å². The molecule has 0 atom stereocenters. The summed E-state index contributed by atoms with van der Waals surface area (Å²) in [5, 5.41) is 15.4. The van der Waals surface area contributed by atoms with Crippen LogP contribution >= 0.6 is 12.2 Å². The summed E-state index contributed by atoms with van der Waals surface area (Å²) in [6.45, 7) is 0.630. The lowest BCUT2D eigenvalue weighted by molar-refractivity contribution is -0.137. The van der Waals surface area contributed by atoms with Gasteiger partial charge in [-0.05, 0) is 31.5 Å². The molecule has 3 N–H and O–H groups in total. The number of aliphatic carboxylic acids is 1. The molecule has 0 aromatic heterocycles. The lowest BCUT2D eigenvalue weighted by Gasteiger charge is -2.24. The third kappa shape index (κ3) is 5.90. The Morgan fingerprint density at radius 3 is 2.62 bits per heavy atom. The number of carboxylic acid groups (broad SMARTS) is 1. The van der Waals surface area contributed by atoms with Crippen LogP contribution < -0.4 is 10.6 Å². The van der Waals surface area contributed by atoms with E-state index < -0.39 is 5.97 Å². The fourth-order valence-corrected chi connectivity index (χ4v) is 2.19. The van der Waals surface area contributed by atoms with Crippen LogP contribution in [0.25, 0.3) is 0 Å². The Balaban J connectivity index is 2.03. The summed E-state index contributed by atoms with van der Waals surface area (Å²) in [6, 6.07) is 0.508. The van der Waals surface area contributed by atoms with Crippen LogP contribution in [0.1, 0.15) is 44.9 Å². The SMILES string of the molecule is O=C(O)CCCNC(=S)NC1CCCCC1. The van der Waals surface area contributed by atoms with Crippen molar-refractivity contribution in [1.82, 2.24) is 10.6 Å². The van der Waals surface area contributed by atoms with Crippen LogP contribution in [0.2, 0.25) is 0 Å². The highest BCUT2D eigenvalue weighted by molar-refractivity contribution is 7.80. The van der Waals surface area contributed by atoms with E-state index in [0.717, 1.165) is 0 Å². The Bertz CT molecular complexity index is 240. The molecule has 16 heavy (non-hydrogen) atoms. The summed E-state index contributed by atoms with van der Waals surface area (Å²) in [7, 11) is 0. The zero-order valence-electron chi connectivity index (χ0n) is 9.50. The molecule has 0 bridgehead atoms. The van der Waals surface area contributed by atoms with Crippen molar-refractivity contribution in [2.45, 2.75) is 51.0 Å². The lowest BCUT2D eigenvalue weighted by atomic mass is 9.96. The topological polar surface area (TPSA) is 61.4 Å². The molecule has 5 heteroatoms. The smallest absolute Gasteiger partial charge is 0.303 e. The van der Waals surface area contributed by atoms with Crippen LogP contribution in [-0.2, 0) is 4.79 Å². The molecular weight excluding hydrogens is 224 g/mol. The first kappa shape index (κ1) is 13.2. The Kier molecular flexibility index (Phi) is 6.15. The molecule has 0 aromatic rings. The van der Waals surface area contributed by atoms with Gasteiger partial charge in [-0.2, -0.15) is 0 Å². The molecule has 92 valence electrons. The average molecular weight is 244 g/mol. The first-order valence-electron chi connectivity index (χ1n) is 5.94. The quantitative estimate of drug-likeness (QED) is 0.507. The summed E-state index contributed by atoms with van der Waals surface area (Å²) in [5.74, 6) is -0.757. The van der Waals surface area contributed by atoms with Crippen LogP contribution in [0.5, 0.6) is 0 Å². The third-order valence-corrected chi connectivity index (χ3v) is 3.06. The monoisotopic (exact) mass is 244 g/mol. The van der Waals surface area contributed by atoms with Gasteiger partial charge in [-0.1, -0.05) is 19.3 Å². The first-order chi connectivity index (χ1) is 7.68. The normalized spacial score (nSPS) is 16.8. The maximum atomic E-state index is 10.3. The van der Waals surface area contributed by atoms with Gasteiger partial charge in [-0.25, -0.2) is 0 Å². The molecule has 0 spiro atoms. The predicted octanol–water partition coefficient (Wildman–Crippen LogP) is 1.65. The van der Waals surface area contributed by atoms with Gasteiger partial charge in [0.15, 0.2) is 5.11 Å². The second-order valence-electron chi connectivity index (χ2n) is 4.23. The molecule has 0 radical (unpaired) electrons. The Morgan fingerprint density at radius 2 is 2.00 bits per heavy atom. The molecule has 1 aliphatic carbocycles. The van der Waals surface area contributed by atoms with E-state index in [1.165, 1.54) is 32.1 Å². The van der Waals surface area contributed by atoms with Gasteiger partial charge in [-0.3, -0.25) is 4.79 Å². The van der Waals surface area contributed by atoms with E-state index in [4.69, 9.17) is 17.3 Å². The minimum absolute atomic E-state index is 0.193. The lowest BCUT2D eigenvalue weighted by Crippen LogP contribution is -2.43. The Hall–Kier alpha value is -0.840. The van der Waals surface area contributed by atoms with Crippen LogP contribution in [-0.4, -0.2) is 28.8 Å². The van der Waals surface area contributed by atoms with Gasteiger partial charge in [0.25, 0.3) is 0 Å². The number of nitrogens with one attached hydrogen (secondary N) is 2. The standard InChI is InChI=1S/C11H20N2O2S/c14-10(15)7-4-8-12-11(16)13-9-5-2-1-3-6-9/h9H,1-8H2,(H,14,15)(H2,12,13,16). The van der Waals surface area contributed by atoms with Crippen molar-refractivity contribution in [2.24, 2.45) is 0 Å². The van der Waals surface area contributed by atoms with Gasteiger partial charge >= 0.3 is 5.97 Å². The maximum Gasteiger partial charge on any atom is 0.303 e. The molecule has 4 nitrogen and oxygen atoms in total. The number of thiocarbonyl (C=S) groups is 1.